The van der Waals surface area contributed by atoms with Crippen molar-refractivity contribution in [3.05, 3.63) is 35.2 Å². The van der Waals surface area contributed by atoms with Crippen molar-refractivity contribution in [2.24, 2.45) is 11.1 Å². The zero-order valence-electron chi connectivity index (χ0n) is 13.2. The van der Waals surface area contributed by atoms with Crippen molar-refractivity contribution in [2.45, 2.75) is 51.2 Å². The van der Waals surface area contributed by atoms with Crippen molar-refractivity contribution < 1.29 is 4.74 Å². The highest BCUT2D eigenvalue weighted by Gasteiger charge is 2.43. The molecule has 114 valence electrons. The van der Waals surface area contributed by atoms with Crippen molar-refractivity contribution in [3.63, 3.8) is 0 Å². The van der Waals surface area contributed by atoms with Crippen molar-refractivity contribution in [1.29, 1.82) is 0 Å². The number of methoxy groups -OCH3 is 1. The van der Waals surface area contributed by atoms with E-state index in [2.05, 4.69) is 43.5 Å². The lowest BCUT2D eigenvalue weighted by atomic mass is 9.67. The van der Waals surface area contributed by atoms with Gasteiger partial charge in [-0.05, 0) is 53.5 Å². The van der Waals surface area contributed by atoms with Gasteiger partial charge in [-0.2, -0.15) is 0 Å². The minimum atomic E-state index is -0.214. The molecule has 1 heterocycles. The topological polar surface area (TPSA) is 35.2 Å². The van der Waals surface area contributed by atoms with E-state index in [0.29, 0.717) is 5.41 Å². The second kappa shape index (κ2) is 5.38. The monoisotopic (exact) mass is 303 g/mol. The fraction of sp³-hybridized carbons (Fsp3) is 0.556. The Morgan fingerprint density at radius 1 is 1.14 bits per heavy atom. The van der Waals surface area contributed by atoms with E-state index in [0.717, 1.165) is 12.8 Å². The zero-order valence-corrected chi connectivity index (χ0v) is 14.0. The Hall–Kier alpha value is -0.900. The molecular weight excluding hydrogens is 278 g/mol. The third kappa shape index (κ3) is 2.63. The summed E-state index contributed by atoms with van der Waals surface area (Å²) >= 11 is 1.78. The summed E-state index contributed by atoms with van der Waals surface area (Å²) in [5.74, 6) is 0. The van der Waals surface area contributed by atoms with Gasteiger partial charge in [-0.1, -0.05) is 32.0 Å². The van der Waals surface area contributed by atoms with E-state index in [4.69, 9.17) is 10.5 Å². The largest absolute Gasteiger partial charge is 0.376 e. The number of hydrogen-bond donors (Lipinski definition) is 1. The van der Waals surface area contributed by atoms with Gasteiger partial charge in [0.05, 0.1) is 11.6 Å². The first kappa shape index (κ1) is 15.0. The molecule has 0 aliphatic heterocycles. The number of thiophene rings is 1. The minimum absolute atomic E-state index is 0.0547. The first-order valence-corrected chi connectivity index (χ1v) is 8.62. The molecule has 1 unspecified atom stereocenters. The number of benzene rings is 1. The highest BCUT2D eigenvalue weighted by molar-refractivity contribution is 7.17. The Balaban J connectivity index is 1.96. The summed E-state index contributed by atoms with van der Waals surface area (Å²) in [5.41, 5.74) is 8.15. The van der Waals surface area contributed by atoms with Crippen LogP contribution in [0.4, 0.5) is 0 Å². The van der Waals surface area contributed by atoms with Crippen LogP contribution in [-0.2, 0) is 4.74 Å². The summed E-state index contributed by atoms with van der Waals surface area (Å²) < 4.78 is 7.30. The lowest BCUT2D eigenvalue weighted by molar-refractivity contribution is -0.0791. The van der Waals surface area contributed by atoms with Crippen LogP contribution in [0, 0.1) is 5.41 Å². The molecule has 0 spiro atoms. The summed E-state index contributed by atoms with van der Waals surface area (Å²) in [6.07, 6.45) is 4.43. The standard InChI is InChI=1S/C18H25NOS/c1-17(2)8-10-18(20-3,11-9-17)16(19)14-6-4-5-13-7-12-21-15(13)14/h4-7,12,16H,8-11,19H2,1-3H3. The van der Waals surface area contributed by atoms with Gasteiger partial charge in [0.25, 0.3) is 0 Å². The van der Waals surface area contributed by atoms with Gasteiger partial charge in [-0.15, -0.1) is 11.3 Å². The number of fused-ring (bicyclic) bond motifs is 1. The Kier molecular flexibility index (Phi) is 3.85. The molecule has 1 saturated carbocycles. The minimum Gasteiger partial charge on any atom is -0.376 e. The van der Waals surface area contributed by atoms with Crippen LogP contribution in [0.3, 0.4) is 0 Å². The molecule has 1 atom stereocenters. The number of nitrogens with two attached hydrogens (primary N) is 1. The van der Waals surface area contributed by atoms with E-state index in [9.17, 15) is 0 Å². The molecule has 1 aromatic heterocycles. The Labute approximate surface area is 131 Å². The van der Waals surface area contributed by atoms with Gasteiger partial charge in [0, 0.05) is 11.8 Å². The highest BCUT2D eigenvalue weighted by atomic mass is 32.1. The SMILES string of the molecule is COC1(C(N)c2cccc3ccsc23)CCC(C)(C)CC1. The van der Waals surface area contributed by atoms with E-state index in [1.807, 2.05) is 7.11 Å². The quantitative estimate of drug-likeness (QED) is 0.876. The Morgan fingerprint density at radius 2 is 1.86 bits per heavy atom. The lowest BCUT2D eigenvalue weighted by Gasteiger charge is -2.46. The van der Waals surface area contributed by atoms with Crippen molar-refractivity contribution in [2.75, 3.05) is 7.11 Å². The van der Waals surface area contributed by atoms with E-state index >= 15 is 0 Å². The molecule has 0 bridgehead atoms. The maximum absolute atomic E-state index is 6.71. The fourth-order valence-electron chi connectivity index (χ4n) is 3.54. The average Bonchev–Trinajstić information content (AvgIpc) is 2.95. The predicted octanol–water partition coefficient (Wildman–Crippen LogP) is 4.89. The van der Waals surface area contributed by atoms with E-state index < -0.39 is 0 Å². The molecule has 1 aliphatic carbocycles. The number of ether oxygens (including phenoxy) is 1. The first-order chi connectivity index (χ1) is 9.97. The molecular formula is C18H25NOS. The molecule has 2 N–H and O–H groups in total. The third-order valence-electron chi connectivity index (χ3n) is 5.27. The van der Waals surface area contributed by atoms with Crippen LogP contribution < -0.4 is 5.73 Å². The van der Waals surface area contributed by atoms with Gasteiger partial charge in [0.1, 0.15) is 0 Å². The summed E-state index contributed by atoms with van der Waals surface area (Å²) in [6, 6.07) is 8.55. The second-order valence-electron chi connectivity index (χ2n) is 7.10. The average molecular weight is 303 g/mol. The molecule has 0 saturated heterocycles. The molecule has 1 aliphatic rings. The molecule has 1 fully saturated rings. The van der Waals surface area contributed by atoms with Crippen LogP contribution in [0.25, 0.3) is 10.1 Å². The smallest absolute Gasteiger partial charge is 0.0871 e. The van der Waals surface area contributed by atoms with Crippen LogP contribution in [0.1, 0.15) is 51.1 Å². The Morgan fingerprint density at radius 3 is 2.52 bits per heavy atom. The lowest BCUT2D eigenvalue weighted by Crippen LogP contribution is -2.47. The van der Waals surface area contributed by atoms with Crippen LogP contribution in [-0.4, -0.2) is 12.7 Å². The van der Waals surface area contributed by atoms with Crippen LogP contribution in [0.5, 0.6) is 0 Å². The van der Waals surface area contributed by atoms with Crippen molar-refractivity contribution in [3.8, 4) is 0 Å². The van der Waals surface area contributed by atoms with E-state index in [1.165, 1.54) is 28.5 Å². The van der Waals surface area contributed by atoms with E-state index in [-0.39, 0.29) is 11.6 Å². The first-order valence-electron chi connectivity index (χ1n) is 7.74. The molecule has 0 radical (unpaired) electrons. The van der Waals surface area contributed by atoms with Crippen molar-refractivity contribution in [1.82, 2.24) is 0 Å². The van der Waals surface area contributed by atoms with Crippen molar-refractivity contribution >= 4 is 21.4 Å². The molecule has 3 rings (SSSR count). The summed E-state index contributed by atoms with van der Waals surface area (Å²) in [6.45, 7) is 4.69. The molecule has 21 heavy (non-hydrogen) atoms. The Bertz CT molecular complexity index is 621. The zero-order chi connectivity index (χ0) is 15.1. The molecule has 3 heteroatoms. The maximum Gasteiger partial charge on any atom is 0.0871 e. The van der Waals surface area contributed by atoms with Gasteiger partial charge >= 0.3 is 0 Å². The molecule has 0 amide bonds. The van der Waals surface area contributed by atoms with Gasteiger partial charge < -0.3 is 10.5 Å². The third-order valence-corrected chi connectivity index (χ3v) is 6.25. The van der Waals surface area contributed by atoms with Gasteiger partial charge in [0.2, 0.25) is 0 Å². The van der Waals surface area contributed by atoms with Crippen LogP contribution >= 0.6 is 11.3 Å². The summed E-state index contributed by atoms with van der Waals surface area (Å²) in [4.78, 5) is 0. The fourth-order valence-corrected chi connectivity index (χ4v) is 4.49. The van der Waals surface area contributed by atoms with Gasteiger partial charge in [0.15, 0.2) is 0 Å². The summed E-state index contributed by atoms with van der Waals surface area (Å²) in [5, 5.41) is 3.43. The van der Waals surface area contributed by atoms with E-state index in [1.54, 1.807) is 11.3 Å². The summed E-state index contributed by atoms with van der Waals surface area (Å²) in [7, 11) is 1.83. The normalized spacial score (nSPS) is 22.3. The highest BCUT2D eigenvalue weighted by Crippen LogP contribution is 2.47. The molecule has 1 aromatic carbocycles. The maximum atomic E-state index is 6.71. The van der Waals surface area contributed by atoms with Gasteiger partial charge in [-0.25, -0.2) is 0 Å². The number of hydrogen-bond acceptors (Lipinski definition) is 3. The van der Waals surface area contributed by atoms with Crippen LogP contribution in [0.15, 0.2) is 29.6 Å². The van der Waals surface area contributed by atoms with Crippen LogP contribution in [0.2, 0.25) is 0 Å². The van der Waals surface area contributed by atoms with Gasteiger partial charge in [-0.3, -0.25) is 0 Å². The predicted molar refractivity (Wildman–Crippen MR) is 90.7 cm³/mol. The number of rotatable bonds is 3. The second-order valence-corrected chi connectivity index (χ2v) is 8.01. The molecule has 2 nitrogen and oxygen atoms in total. The molecule has 2 aromatic rings.